The van der Waals surface area contributed by atoms with Gasteiger partial charge in [-0.15, -0.1) is 11.3 Å². The number of rotatable bonds is 8. The first kappa shape index (κ1) is 22.6. The van der Waals surface area contributed by atoms with E-state index >= 15 is 0 Å². The van der Waals surface area contributed by atoms with Gasteiger partial charge < -0.3 is 9.47 Å². The van der Waals surface area contributed by atoms with Gasteiger partial charge in [0.15, 0.2) is 17.3 Å². The molecule has 3 rings (SSSR count). The fourth-order valence-electron chi connectivity index (χ4n) is 2.99. The van der Waals surface area contributed by atoms with Gasteiger partial charge in [0.2, 0.25) is 10.0 Å². The van der Waals surface area contributed by atoms with E-state index in [1.165, 1.54) is 13.1 Å². The Morgan fingerprint density at radius 3 is 2.32 bits per heavy atom. The Morgan fingerprint density at radius 1 is 1.06 bits per heavy atom. The first-order valence-electron chi connectivity index (χ1n) is 9.31. The molecule has 0 spiro atoms. The minimum atomic E-state index is -3.36. The quantitative estimate of drug-likeness (QED) is 0.361. The van der Waals surface area contributed by atoms with Crippen molar-refractivity contribution in [3.05, 3.63) is 71.1 Å². The molecular formula is C23H23NO5S2. The largest absolute Gasteiger partial charge is 0.493 e. The second-order valence-electron chi connectivity index (χ2n) is 6.76. The number of carbonyl (C=O) groups is 1. The lowest BCUT2D eigenvalue weighted by Crippen LogP contribution is -2.24. The van der Waals surface area contributed by atoms with E-state index in [0.29, 0.717) is 22.7 Å². The van der Waals surface area contributed by atoms with E-state index in [-0.39, 0.29) is 5.78 Å². The van der Waals surface area contributed by atoms with Gasteiger partial charge in [-0.25, -0.2) is 8.42 Å². The average molecular weight is 458 g/mol. The minimum Gasteiger partial charge on any atom is -0.493 e. The molecule has 31 heavy (non-hydrogen) atoms. The molecule has 0 aliphatic rings. The molecule has 0 N–H and O–H groups in total. The Hall–Kier alpha value is -3.10. The molecule has 162 valence electrons. The summed E-state index contributed by atoms with van der Waals surface area (Å²) >= 11 is 1.59. The summed E-state index contributed by atoms with van der Waals surface area (Å²) in [5.74, 6) is 1.02. The van der Waals surface area contributed by atoms with Crippen molar-refractivity contribution in [2.45, 2.75) is 0 Å². The maximum Gasteiger partial charge on any atom is 0.231 e. The van der Waals surface area contributed by atoms with Crippen LogP contribution in [0.4, 0.5) is 5.69 Å². The second kappa shape index (κ2) is 9.36. The highest BCUT2D eigenvalue weighted by atomic mass is 32.2. The molecule has 0 saturated heterocycles. The van der Waals surface area contributed by atoms with Crippen LogP contribution in [0.2, 0.25) is 0 Å². The van der Waals surface area contributed by atoms with Gasteiger partial charge in [0.05, 0.1) is 26.2 Å². The van der Waals surface area contributed by atoms with Gasteiger partial charge in [-0.05, 0) is 59.5 Å². The maximum absolute atomic E-state index is 12.6. The number of ketones is 1. The fourth-order valence-corrected chi connectivity index (χ4v) is 4.24. The zero-order chi connectivity index (χ0) is 22.6. The van der Waals surface area contributed by atoms with Crippen molar-refractivity contribution in [1.82, 2.24) is 0 Å². The van der Waals surface area contributed by atoms with Crippen molar-refractivity contribution < 1.29 is 22.7 Å². The number of hydrogen-bond acceptors (Lipinski definition) is 6. The van der Waals surface area contributed by atoms with Gasteiger partial charge in [-0.3, -0.25) is 9.10 Å². The van der Waals surface area contributed by atoms with Crippen LogP contribution in [0.25, 0.3) is 16.5 Å². The van der Waals surface area contributed by atoms with Crippen LogP contribution in [-0.2, 0) is 10.0 Å². The van der Waals surface area contributed by atoms with Gasteiger partial charge in [-0.1, -0.05) is 12.1 Å². The van der Waals surface area contributed by atoms with E-state index in [2.05, 4.69) is 0 Å². The van der Waals surface area contributed by atoms with Crippen LogP contribution in [0.5, 0.6) is 11.5 Å². The molecule has 0 aliphatic heterocycles. The zero-order valence-electron chi connectivity index (χ0n) is 17.7. The van der Waals surface area contributed by atoms with E-state index in [0.717, 1.165) is 26.6 Å². The lowest BCUT2D eigenvalue weighted by Gasteiger charge is -2.16. The highest BCUT2D eigenvalue weighted by molar-refractivity contribution is 7.92. The number of anilines is 1. The van der Waals surface area contributed by atoms with Crippen LogP contribution in [0.1, 0.15) is 15.9 Å². The monoisotopic (exact) mass is 457 g/mol. The fraction of sp³-hybridized carbons (Fsp3) is 0.174. The van der Waals surface area contributed by atoms with Crippen molar-refractivity contribution in [2.24, 2.45) is 0 Å². The number of carbonyl (C=O) groups excluding carboxylic acids is 1. The summed E-state index contributed by atoms with van der Waals surface area (Å²) in [4.78, 5) is 13.6. The summed E-state index contributed by atoms with van der Waals surface area (Å²) in [7, 11) is 1.28. The first-order valence-corrected chi connectivity index (χ1v) is 12.0. The summed E-state index contributed by atoms with van der Waals surface area (Å²) in [6.45, 7) is 0. The number of sulfonamides is 1. The lowest BCUT2D eigenvalue weighted by molar-refractivity contribution is 0.104. The predicted molar refractivity (Wildman–Crippen MR) is 126 cm³/mol. The average Bonchev–Trinajstić information content (AvgIpc) is 3.30. The molecule has 2 aromatic carbocycles. The van der Waals surface area contributed by atoms with Crippen molar-refractivity contribution >= 4 is 38.9 Å². The topological polar surface area (TPSA) is 72.9 Å². The SMILES string of the molecule is COc1cc(/C=C/C(=O)c2ccc(N(C)S(C)(=O)=O)cc2)cc(-c2cccs2)c1OC. The normalized spacial score (nSPS) is 11.5. The smallest absolute Gasteiger partial charge is 0.231 e. The van der Waals surface area contributed by atoms with Gasteiger partial charge in [0.1, 0.15) is 0 Å². The second-order valence-corrected chi connectivity index (χ2v) is 9.72. The van der Waals surface area contributed by atoms with Gasteiger partial charge in [0.25, 0.3) is 0 Å². The Morgan fingerprint density at radius 2 is 1.77 bits per heavy atom. The third kappa shape index (κ3) is 5.15. The molecule has 0 unspecified atom stereocenters. The molecule has 0 amide bonds. The molecule has 8 heteroatoms. The molecule has 0 atom stereocenters. The van der Waals surface area contributed by atoms with Crippen molar-refractivity contribution in [3.63, 3.8) is 0 Å². The first-order chi connectivity index (χ1) is 14.7. The van der Waals surface area contributed by atoms with Crippen LogP contribution in [0.15, 0.2) is 60.0 Å². The molecule has 0 bridgehead atoms. The molecule has 1 aromatic heterocycles. The molecule has 3 aromatic rings. The van der Waals surface area contributed by atoms with E-state index < -0.39 is 10.0 Å². The van der Waals surface area contributed by atoms with Crippen LogP contribution >= 0.6 is 11.3 Å². The summed E-state index contributed by atoms with van der Waals surface area (Å²) in [5, 5.41) is 1.98. The van der Waals surface area contributed by atoms with Gasteiger partial charge in [-0.2, -0.15) is 0 Å². The highest BCUT2D eigenvalue weighted by Crippen LogP contribution is 2.41. The van der Waals surface area contributed by atoms with Crippen molar-refractivity contribution in [1.29, 1.82) is 0 Å². The predicted octanol–water partition coefficient (Wildman–Crippen LogP) is 4.72. The zero-order valence-corrected chi connectivity index (χ0v) is 19.3. The number of benzene rings is 2. The van der Waals surface area contributed by atoms with Crippen LogP contribution in [0.3, 0.4) is 0 Å². The number of nitrogens with zero attached hydrogens (tertiary/aromatic N) is 1. The van der Waals surface area contributed by atoms with Gasteiger partial charge >= 0.3 is 0 Å². The van der Waals surface area contributed by atoms with Crippen LogP contribution < -0.4 is 13.8 Å². The van der Waals surface area contributed by atoms with Gasteiger partial charge in [0, 0.05) is 23.1 Å². The van der Waals surface area contributed by atoms with Crippen LogP contribution in [-0.4, -0.2) is 41.7 Å². The summed E-state index contributed by atoms with van der Waals surface area (Å²) < 4.78 is 35.5. The van der Waals surface area contributed by atoms with Crippen molar-refractivity contribution in [3.8, 4) is 21.9 Å². The number of ether oxygens (including phenoxy) is 2. The maximum atomic E-state index is 12.6. The molecule has 0 fully saturated rings. The van der Waals surface area contributed by atoms with E-state index in [1.807, 2.05) is 29.6 Å². The van der Waals surface area contributed by atoms with E-state index in [4.69, 9.17) is 9.47 Å². The van der Waals surface area contributed by atoms with E-state index in [9.17, 15) is 13.2 Å². The lowest BCUT2D eigenvalue weighted by atomic mass is 10.0. The standard InChI is InChI=1S/C23H23NO5S2/c1-24(31(4,26)27)18-10-8-17(9-11-18)20(25)12-7-16-14-19(22-6-5-13-30-22)23(29-3)21(15-16)28-2/h5-15H,1-4H3/b12-7+. The molecular weight excluding hydrogens is 434 g/mol. The number of thiophene rings is 1. The molecule has 0 radical (unpaired) electrons. The Balaban J connectivity index is 1.87. The number of allylic oxidation sites excluding steroid dienone is 1. The Labute approximate surface area is 186 Å². The summed E-state index contributed by atoms with van der Waals surface area (Å²) in [6.07, 6.45) is 4.33. The minimum absolute atomic E-state index is 0.194. The van der Waals surface area contributed by atoms with Crippen LogP contribution in [0, 0.1) is 0 Å². The molecule has 1 heterocycles. The van der Waals surface area contributed by atoms with E-state index in [1.54, 1.807) is 55.9 Å². The highest BCUT2D eigenvalue weighted by Gasteiger charge is 2.15. The summed E-state index contributed by atoms with van der Waals surface area (Å²) in [6, 6.07) is 14.1. The Kier molecular flexibility index (Phi) is 6.82. The summed E-state index contributed by atoms with van der Waals surface area (Å²) in [5.41, 5.74) is 2.63. The number of hydrogen-bond donors (Lipinski definition) is 0. The third-order valence-electron chi connectivity index (χ3n) is 4.73. The van der Waals surface area contributed by atoms with Crippen molar-refractivity contribution in [2.75, 3.05) is 31.8 Å². The molecule has 0 saturated carbocycles. The molecule has 6 nitrogen and oxygen atoms in total. The third-order valence-corrected chi connectivity index (χ3v) is 6.84. The molecule has 0 aliphatic carbocycles. The number of methoxy groups -OCH3 is 2. The Bertz CT molecular complexity index is 1200.